The van der Waals surface area contributed by atoms with Crippen LogP contribution < -0.4 is 11.5 Å². The number of hydrogen-bond acceptors (Lipinski definition) is 2. The first-order valence-electron chi connectivity index (χ1n) is 4.10. The van der Waals surface area contributed by atoms with Crippen molar-refractivity contribution in [3.8, 4) is 0 Å². The highest BCUT2D eigenvalue weighted by molar-refractivity contribution is 6.30. The first-order chi connectivity index (χ1) is 6.93. The van der Waals surface area contributed by atoms with Gasteiger partial charge < -0.3 is 11.5 Å². The molecule has 0 bridgehead atoms. The molecule has 0 spiro atoms. The van der Waals surface area contributed by atoms with Gasteiger partial charge in [-0.1, -0.05) is 11.6 Å². The first-order valence-corrected chi connectivity index (χ1v) is 4.48. The summed E-state index contributed by atoms with van der Waals surface area (Å²) >= 11 is 5.45. The Labute approximate surface area is 90.0 Å². The number of nitrogens with two attached hydrogens (primary N) is 2. The third kappa shape index (κ3) is 2.64. The van der Waals surface area contributed by atoms with Gasteiger partial charge in [0, 0.05) is 18.0 Å². The van der Waals surface area contributed by atoms with Crippen LogP contribution >= 0.6 is 11.6 Å². The van der Waals surface area contributed by atoms with E-state index in [-0.39, 0.29) is 11.4 Å². The van der Waals surface area contributed by atoms with Crippen molar-refractivity contribution in [3.05, 3.63) is 34.4 Å². The van der Waals surface area contributed by atoms with Gasteiger partial charge in [-0.05, 0) is 12.1 Å². The van der Waals surface area contributed by atoms with Gasteiger partial charge in [-0.15, -0.1) is 0 Å². The molecule has 0 aliphatic carbocycles. The summed E-state index contributed by atoms with van der Waals surface area (Å²) in [4.78, 5) is 10.6. The minimum Gasteiger partial charge on any atom is -0.370 e. The summed E-state index contributed by atoms with van der Waals surface area (Å²) in [5, 5.41) is -0.244. The average Bonchev–Trinajstić information content (AvgIpc) is 2.11. The number of primary amides is 1. The predicted molar refractivity (Wildman–Crippen MR) is 52.1 cm³/mol. The van der Waals surface area contributed by atoms with E-state index in [1.54, 1.807) is 0 Å². The number of halogens is 3. The van der Waals surface area contributed by atoms with Crippen molar-refractivity contribution >= 4 is 17.5 Å². The van der Waals surface area contributed by atoms with Crippen LogP contribution in [0.1, 0.15) is 18.0 Å². The lowest BCUT2D eigenvalue weighted by Gasteiger charge is -2.12. The second-order valence-electron chi connectivity index (χ2n) is 3.03. The molecule has 1 aromatic rings. The molecule has 0 aromatic heterocycles. The SMILES string of the molecule is NC(=O)CC(N)c1c(F)ccc(Cl)c1F. The lowest BCUT2D eigenvalue weighted by molar-refractivity contribution is -0.118. The van der Waals surface area contributed by atoms with E-state index in [1.807, 2.05) is 0 Å². The van der Waals surface area contributed by atoms with Crippen molar-refractivity contribution in [2.24, 2.45) is 11.5 Å². The lowest BCUT2D eigenvalue weighted by Crippen LogP contribution is -2.22. The average molecular weight is 235 g/mol. The van der Waals surface area contributed by atoms with Crippen LogP contribution in [0.25, 0.3) is 0 Å². The van der Waals surface area contributed by atoms with Crippen LogP contribution in [0.5, 0.6) is 0 Å². The zero-order chi connectivity index (χ0) is 11.6. The molecule has 1 aromatic carbocycles. The van der Waals surface area contributed by atoms with E-state index in [4.69, 9.17) is 23.1 Å². The Balaban J connectivity index is 3.12. The van der Waals surface area contributed by atoms with E-state index in [9.17, 15) is 13.6 Å². The van der Waals surface area contributed by atoms with E-state index in [1.165, 1.54) is 0 Å². The minimum absolute atomic E-state index is 0.244. The molecule has 0 aliphatic heterocycles. The molecule has 6 heteroatoms. The van der Waals surface area contributed by atoms with Gasteiger partial charge in [-0.2, -0.15) is 0 Å². The highest BCUT2D eigenvalue weighted by Crippen LogP contribution is 2.26. The van der Waals surface area contributed by atoms with Crippen LogP contribution in [0.2, 0.25) is 5.02 Å². The fourth-order valence-corrected chi connectivity index (χ4v) is 1.37. The fourth-order valence-electron chi connectivity index (χ4n) is 1.20. The molecule has 0 saturated carbocycles. The topological polar surface area (TPSA) is 69.1 Å². The quantitative estimate of drug-likeness (QED) is 0.778. The lowest BCUT2D eigenvalue weighted by atomic mass is 10.0. The van der Waals surface area contributed by atoms with Gasteiger partial charge in [0.05, 0.1) is 5.02 Å². The van der Waals surface area contributed by atoms with Crippen LogP contribution in [0.4, 0.5) is 8.78 Å². The Bertz CT molecular complexity index is 398. The Morgan fingerprint density at radius 3 is 2.60 bits per heavy atom. The van der Waals surface area contributed by atoms with Crippen molar-refractivity contribution in [2.45, 2.75) is 12.5 Å². The zero-order valence-corrected chi connectivity index (χ0v) is 8.39. The minimum atomic E-state index is -1.12. The van der Waals surface area contributed by atoms with Crippen molar-refractivity contribution in [3.63, 3.8) is 0 Å². The summed E-state index contributed by atoms with van der Waals surface area (Å²) in [5.74, 6) is -2.53. The van der Waals surface area contributed by atoms with Crippen LogP contribution in [0, 0.1) is 11.6 Å². The number of amides is 1. The predicted octanol–water partition coefficient (Wildman–Crippen LogP) is 1.49. The summed E-state index contributed by atoms with van der Waals surface area (Å²) < 4.78 is 26.6. The van der Waals surface area contributed by atoms with E-state index in [2.05, 4.69) is 0 Å². The molecule has 0 radical (unpaired) electrons. The summed E-state index contributed by atoms with van der Waals surface area (Å²) in [6.07, 6.45) is -0.339. The van der Waals surface area contributed by atoms with E-state index >= 15 is 0 Å². The van der Waals surface area contributed by atoms with Gasteiger partial charge in [0.25, 0.3) is 0 Å². The summed E-state index contributed by atoms with van der Waals surface area (Å²) in [6, 6.07) is 0.940. The number of carbonyl (C=O) groups is 1. The highest BCUT2D eigenvalue weighted by atomic mass is 35.5. The molecule has 1 amide bonds. The molecule has 82 valence electrons. The van der Waals surface area contributed by atoms with Gasteiger partial charge in [-0.25, -0.2) is 8.78 Å². The van der Waals surface area contributed by atoms with Gasteiger partial charge in [0.15, 0.2) is 0 Å². The maximum atomic E-state index is 13.4. The smallest absolute Gasteiger partial charge is 0.219 e. The van der Waals surface area contributed by atoms with E-state index < -0.39 is 29.1 Å². The largest absolute Gasteiger partial charge is 0.370 e. The molecule has 1 unspecified atom stereocenters. The van der Waals surface area contributed by atoms with Gasteiger partial charge in [0.1, 0.15) is 11.6 Å². The molecule has 0 heterocycles. The fraction of sp³-hybridized carbons (Fsp3) is 0.222. The second-order valence-corrected chi connectivity index (χ2v) is 3.44. The zero-order valence-electron chi connectivity index (χ0n) is 7.64. The molecular weight excluding hydrogens is 226 g/mol. The van der Waals surface area contributed by atoms with Gasteiger partial charge in [-0.3, -0.25) is 4.79 Å². The maximum absolute atomic E-state index is 13.4. The maximum Gasteiger partial charge on any atom is 0.219 e. The van der Waals surface area contributed by atoms with Gasteiger partial charge >= 0.3 is 0 Å². The number of hydrogen-bond donors (Lipinski definition) is 2. The van der Waals surface area contributed by atoms with Crippen LogP contribution in [-0.2, 0) is 4.79 Å². The number of carbonyl (C=O) groups excluding carboxylic acids is 1. The molecule has 0 aliphatic rings. The molecule has 1 rings (SSSR count). The standard InChI is InChI=1S/C9H9ClF2N2O/c10-4-1-2-5(11)8(9(4)12)6(13)3-7(14)15/h1-2,6H,3,13H2,(H2,14,15). The summed E-state index contributed by atoms with van der Waals surface area (Å²) in [5.41, 5.74) is 9.88. The van der Waals surface area contributed by atoms with Crippen LogP contribution in [0.15, 0.2) is 12.1 Å². The molecule has 1 atom stereocenters. The first kappa shape index (κ1) is 11.9. The van der Waals surface area contributed by atoms with E-state index in [0.29, 0.717) is 0 Å². The van der Waals surface area contributed by atoms with Crippen LogP contribution in [-0.4, -0.2) is 5.91 Å². The Morgan fingerprint density at radius 1 is 1.47 bits per heavy atom. The van der Waals surface area contributed by atoms with Crippen molar-refractivity contribution < 1.29 is 13.6 Å². The number of rotatable bonds is 3. The number of benzene rings is 1. The van der Waals surface area contributed by atoms with Crippen LogP contribution in [0.3, 0.4) is 0 Å². The molecular formula is C9H9ClF2N2O. The normalized spacial score (nSPS) is 12.5. The monoisotopic (exact) mass is 234 g/mol. The third-order valence-corrected chi connectivity index (χ3v) is 2.16. The third-order valence-electron chi connectivity index (χ3n) is 1.87. The Kier molecular flexibility index (Phi) is 3.60. The van der Waals surface area contributed by atoms with E-state index in [0.717, 1.165) is 12.1 Å². The van der Waals surface area contributed by atoms with Gasteiger partial charge in [0.2, 0.25) is 5.91 Å². The summed E-state index contributed by atoms with van der Waals surface area (Å²) in [6.45, 7) is 0. The molecule has 0 saturated heterocycles. The Morgan fingerprint density at radius 2 is 2.07 bits per heavy atom. The van der Waals surface area contributed by atoms with Crippen molar-refractivity contribution in [1.29, 1.82) is 0 Å². The highest BCUT2D eigenvalue weighted by Gasteiger charge is 2.20. The molecule has 3 nitrogen and oxygen atoms in total. The Hall–Kier alpha value is -1.20. The van der Waals surface area contributed by atoms with Crippen molar-refractivity contribution in [1.82, 2.24) is 0 Å². The summed E-state index contributed by atoms with van der Waals surface area (Å²) in [7, 11) is 0. The van der Waals surface area contributed by atoms with Crippen molar-refractivity contribution in [2.75, 3.05) is 0 Å². The molecule has 15 heavy (non-hydrogen) atoms. The molecule has 0 fully saturated rings. The second kappa shape index (κ2) is 4.55. The molecule has 4 N–H and O–H groups in total.